The van der Waals surface area contributed by atoms with Gasteiger partial charge in [-0.2, -0.15) is 10.5 Å². The molecule has 2 fully saturated rings. The molecule has 0 unspecified atom stereocenters. The van der Waals surface area contributed by atoms with Crippen LogP contribution in [0.5, 0.6) is 0 Å². The highest BCUT2D eigenvalue weighted by Gasteiger charge is 2.53. The van der Waals surface area contributed by atoms with E-state index >= 15 is 0 Å². The van der Waals surface area contributed by atoms with Crippen molar-refractivity contribution in [2.24, 2.45) is 0 Å². The molecule has 1 saturated heterocycles. The Morgan fingerprint density at radius 1 is 1.28 bits per heavy atom. The number of carboxylic acid groups (broad SMARTS) is 2. The molecule has 11 nitrogen and oxygen atoms in total. The summed E-state index contributed by atoms with van der Waals surface area (Å²) in [5.41, 5.74) is 0.238. The molecule has 0 aromatic carbocycles. The highest BCUT2D eigenvalue weighted by Crippen LogP contribution is 2.44. The molecular formula is C21H24N6O5. The van der Waals surface area contributed by atoms with Crippen molar-refractivity contribution in [3.63, 3.8) is 0 Å². The van der Waals surface area contributed by atoms with Crippen molar-refractivity contribution in [1.29, 1.82) is 10.5 Å². The number of amides is 1. The molecule has 3 N–H and O–H groups in total. The molecule has 1 atom stereocenters. The van der Waals surface area contributed by atoms with E-state index in [-0.39, 0.29) is 17.5 Å². The Labute approximate surface area is 185 Å². The van der Waals surface area contributed by atoms with E-state index in [1.54, 1.807) is 24.1 Å². The predicted molar refractivity (Wildman–Crippen MR) is 112 cm³/mol. The van der Waals surface area contributed by atoms with E-state index in [2.05, 4.69) is 16.4 Å². The zero-order valence-electron chi connectivity index (χ0n) is 17.6. The van der Waals surface area contributed by atoms with Gasteiger partial charge >= 0.3 is 11.9 Å². The Bertz CT molecular complexity index is 942. The molecule has 2 heterocycles. The van der Waals surface area contributed by atoms with E-state index in [1.807, 2.05) is 11.1 Å². The molecule has 1 aliphatic carbocycles. The lowest BCUT2D eigenvalue weighted by atomic mass is 10.2. The summed E-state index contributed by atoms with van der Waals surface area (Å²) in [5.74, 6) is -1.86. The predicted octanol–water partition coefficient (Wildman–Crippen LogP) is 1.36. The van der Waals surface area contributed by atoms with Gasteiger partial charge in [-0.15, -0.1) is 0 Å². The molecule has 1 saturated carbocycles. The first-order chi connectivity index (χ1) is 15.2. The first kappa shape index (κ1) is 24.3. The molecule has 2 aliphatic rings. The van der Waals surface area contributed by atoms with Crippen LogP contribution in [0.2, 0.25) is 0 Å². The van der Waals surface area contributed by atoms with Gasteiger partial charge in [0.05, 0.1) is 17.2 Å². The lowest BCUT2D eigenvalue weighted by Gasteiger charge is -2.39. The van der Waals surface area contributed by atoms with Crippen LogP contribution < -0.4 is 5.32 Å². The van der Waals surface area contributed by atoms with Crippen molar-refractivity contribution in [2.45, 2.75) is 44.2 Å². The lowest BCUT2D eigenvalue weighted by Crippen LogP contribution is -2.56. The van der Waals surface area contributed by atoms with Crippen LogP contribution in [0.15, 0.2) is 30.5 Å². The van der Waals surface area contributed by atoms with Crippen molar-refractivity contribution in [2.75, 3.05) is 18.4 Å². The number of rotatable bonds is 7. The summed E-state index contributed by atoms with van der Waals surface area (Å²) in [6.07, 6.45) is 6.19. The van der Waals surface area contributed by atoms with Crippen molar-refractivity contribution in [1.82, 2.24) is 15.0 Å². The molecule has 1 aliphatic heterocycles. The van der Waals surface area contributed by atoms with Crippen molar-refractivity contribution in [3.05, 3.63) is 36.0 Å². The molecule has 168 valence electrons. The second-order valence-electron chi connectivity index (χ2n) is 7.41. The Morgan fingerprint density at radius 3 is 2.38 bits per heavy atom. The minimum Gasteiger partial charge on any atom is -0.478 e. The van der Waals surface area contributed by atoms with E-state index in [9.17, 15) is 19.6 Å². The minimum atomic E-state index is -1.26. The topological polar surface area (TPSA) is 171 Å². The molecule has 1 aromatic heterocycles. The number of hydrogen-bond donors (Lipinski definition) is 3. The van der Waals surface area contributed by atoms with Crippen LogP contribution >= 0.6 is 0 Å². The standard InChI is InChI=1S/C17H20N6O.C4H4O4/c1-13(24)23(22-8-2-3-15(22)10-19)17(6-7-17)12-21-16-5-4-14(9-18)11-20-16;5-3(6)1-2-4(7)8/h4-5,11,15H,2-3,6-8,12H2,1H3,(H,20,21);1-2H,(H,5,6)(H,7,8)/b;2-1+/t15-;/m0./s1. The van der Waals surface area contributed by atoms with Gasteiger partial charge in [-0.1, -0.05) is 0 Å². The molecule has 0 radical (unpaired) electrons. The summed E-state index contributed by atoms with van der Waals surface area (Å²) in [5, 5.41) is 40.8. The number of aromatic nitrogens is 1. The zero-order chi connectivity index (χ0) is 23.7. The molecule has 32 heavy (non-hydrogen) atoms. The number of aliphatic carboxylic acids is 2. The quantitative estimate of drug-likeness (QED) is 0.526. The SMILES string of the molecule is CC(=O)N(N1CCC[C@H]1C#N)C1(CNc2ccc(C#N)cn2)CC1.O=C(O)/C=C/C(=O)O. The summed E-state index contributed by atoms with van der Waals surface area (Å²) in [4.78, 5) is 35.6. The second kappa shape index (κ2) is 10.9. The largest absolute Gasteiger partial charge is 0.478 e. The molecule has 1 amide bonds. The maximum atomic E-state index is 12.3. The Kier molecular flexibility index (Phi) is 8.27. The minimum absolute atomic E-state index is 0.0239. The number of hydrazine groups is 1. The summed E-state index contributed by atoms with van der Waals surface area (Å²) >= 11 is 0. The molecule has 0 spiro atoms. The first-order valence-electron chi connectivity index (χ1n) is 9.93. The van der Waals surface area contributed by atoms with Crippen LogP contribution in [-0.4, -0.2) is 67.7 Å². The highest BCUT2D eigenvalue weighted by molar-refractivity contribution is 5.89. The van der Waals surface area contributed by atoms with Gasteiger partial charge in [0.15, 0.2) is 0 Å². The fourth-order valence-corrected chi connectivity index (χ4v) is 3.48. The van der Waals surface area contributed by atoms with Crippen LogP contribution in [0.4, 0.5) is 5.82 Å². The van der Waals surface area contributed by atoms with E-state index < -0.39 is 11.9 Å². The summed E-state index contributed by atoms with van der Waals surface area (Å²) in [6.45, 7) is 2.89. The van der Waals surface area contributed by atoms with Gasteiger partial charge in [-0.05, 0) is 37.8 Å². The summed E-state index contributed by atoms with van der Waals surface area (Å²) in [6, 6.07) is 7.60. The maximum Gasteiger partial charge on any atom is 0.328 e. The first-order valence-corrected chi connectivity index (χ1v) is 9.93. The van der Waals surface area contributed by atoms with Gasteiger partial charge in [-0.3, -0.25) is 9.80 Å². The third-order valence-electron chi connectivity index (χ3n) is 5.06. The Hall–Kier alpha value is -3.96. The van der Waals surface area contributed by atoms with E-state index in [4.69, 9.17) is 15.5 Å². The molecule has 3 rings (SSSR count). The number of pyridine rings is 1. The fraction of sp³-hybridized carbons (Fsp3) is 0.429. The molecular weight excluding hydrogens is 416 g/mol. The van der Waals surface area contributed by atoms with Crippen molar-refractivity contribution < 1.29 is 24.6 Å². The Balaban J connectivity index is 0.000000390. The number of carboxylic acids is 2. The normalized spacial score (nSPS) is 18.5. The van der Waals surface area contributed by atoms with Crippen LogP contribution in [0.25, 0.3) is 0 Å². The number of carbonyl (C=O) groups excluding carboxylic acids is 1. The smallest absolute Gasteiger partial charge is 0.328 e. The average molecular weight is 440 g/mol. The number of nitrogens with zero attached hydrogens (tertiary/aromatic N) is 5. The second-order valence-corrected chi connectivity index (χ2v) is 7.41. The van der Waals surface area contributed by atoms with E-state index in [0.29, 0.717) is 30.1 Å². The number of carbonyl (C=O) groups is 3. The average Bonchev–Trinajstić information content (AvgIpc) is 3.39. The van der Waals surface area contributed by atoms with Crippen LogP contribution in [-0.2, 0) is 14.4 Å². The van der Waals surface area contributed by atoms with E-state index in [1.165, 1.54) is 6.20 Å². The van der Waals surface area contributed by atoms with Gasteiger partial charge in [0.25, 0.3) is 0 Å². The molecule has 1 aromatic rings. The van der Waals surface area contributed by atoms with Crippen molar-refractivity contribution in [3.8, 4) is 12.1 Å². The third kappa shape index (κ3) is 6.52. The van der Waals surface area contributed by atoms with Gasteiger partial charge in [0.1, 0.15) is 17.9 Å². The number of nitrogens with one attached hydrogen (secondary N) is 1. The van der Waals surface area contributed by atoms with Gasteiger partial charge < -0.3 is 15.5 Å². The van der Waals surface area contributed by atoms with Crippen LogP contribution in [0, 0.1) is 22.7 Å². The Morgan fingerprint density at radius 2 is 1.94 bits per heavy atom. The van der Waals surface area contributed by atoms with Gasteiger partial charge in [0.2, 0.25) is 5.91 Å². The molecule has 11 heteroatoms. The summed E-state index contributed by atoms with van der Waals surface area (Å²) in [7, 11) is 0. The zero-order valence-corrected chi connectivity index (χ0v) is 17.6. The van der Waals surface area contributed by atoms with Crippen molar-refractivity contribution >= 4 is 23.7 Å². The van der Waals surface area contributed by atoms with Gasteiger partial charge in [0, 0.05) is 38.4 Å². The maximum absolute atomic E-state index is 12.3. The summed E-state index contributed by atoms with van der Waals surface area (Å²) < 4.78 is 0. The third-order valence-corrected chi connectivity index (χ3v) is 5.06. The fourth-order valence-electron chi connectivity index (χ4n) is 3.48. The van der Waals surface area contributed by atoms with Crippen LogP contribution in [0.1, 0.15) is 38.2 Å². The highest BCUT2D eigenvalue weighted by atomic mass is 16.4. The van der Waals surface area contributed by atoms with E-state index in [0.717, 1.165) is 32.2 Å². The monoisotopic (exact) mass is 440 g/mol. The van der Waals surface area contributed by atoms with Gasteiger partial charge in [-0.25, -0.2) is 19.6 Å². The molecule has 0 bridgehead atoms. The lowest BCUT2D eigenvalue weighted by molar-refractivity contribution is -0.154. The van der Waals surface area contributed by atoms with Crippen LogP contribution in [0.3, 0.4) is 0 Å². The number of nitriles is 2. The number of anilines is 1. The number of hydrogen-bond acceptors (Lipinski definition) is 8.